The fourth-order valence-electron chi connectivity index (χ4n) is 3.05. The lowest BCUT2D eigenvalue weighted by atomic mass is 9.66. The second kappa shape index (κ2) is 10.3. The van der Waals surface area contributed by atoms with Crippen molar-refractivity contribution in [3.05, 3.63) is 40.4 Å². The predicted octanol–water partition coefficient (Wildman–Crippen LogP) is 1.55. The van der Waals surface area contributed by atoms with E-state index in [1.165, 1.54) is 17.4 Å². The number of carbonyl (C=O) groups is 2. The van der Waals surface area contributed by atoms with Crippen LogP contribution in [0.1, 0.15) is 41.4 Å². The Morgan fingerprint density at radius 2 is 2.29 bits per heavy atom. The molecule has 0 saturated carbocycles. The standard InChI is InChI=1S/C19H23BN4O6S/c1-2-3-7-29-24-15(14-10-31-19(21)23-14)17(25)22-9-12-8-11-5-4-6-13(18(26)27)16(11)30-20(12)28/h4-6,10,12,28H,2-3,7-9H2,1H3,(H2,21,23)(H,22,25)(H,26,27)/b24-15-/t12-/m1/s1. The van der Waals surface area contributed by atoms with Crippen molar-refractivity contribution in [3.8, 4) is 5.75 Å². The van der Waals surface area contributed by atoms with Crippen LogP contribution in [0, 0.1) is 0 Å². The summed E-state index contributed by atoms with van der Waals surface area (Å²) in [7, 11) is -1.27. The summed E-state index contributed by atoms with van der Waals surface area (Å²) in [5.41, 5.74) is 6.59. The van der Waals surface area contributed by atoms with E-state index < -0.39 is 24.8 Å². The van der Waals surface area contributed by atoms with E-state index in [0.717, 1.165) is 12.8 Å². The summed E-state index contributed by atoms with van der Waals surface area (Å²) in [4.78, 5) is 33.4. The summed E-state index contributed by atoms with van der Waals surface area (Å²) in [5.74, 6) is -2.00. The fraction of sp³-hybridized carbons (Fsp3) is 0.368. The molecule has 0 bridgehead atoms. The number of nitrogen functional groups attached to an aromatic ring is 1. The molecule has 0 aliphatic carbocycles. The summed E-state index contributed by atoms with van der Waals surface area (Å²) in [5, 5.41) is 28.2. The van der Waals surface area contributed by atoms with Gasteiger partial charge in [0.1, 0.15) is 18.1 Å². The number of hydrogen-bond acceptors (Lipinski definition) is 9. The van der Waals surface area contributed by atoms with Crippen molar-refractivity contribution in [1.82, 2.24) is 10.3 Å². The molecule has 3 rings (SSSR count). The number of anilines is 1. The number of unbranched alkanes of at least 4 members (excludes halogenated alkanes) is 1. The van der Waals surface area contributed by atoms with E-state index in [2.05, 4.69) is 15.5 Å². The Bertz CT molecular complexity index is 982. The van der Waals surface area contributed by atoms with Crippen molar-refractivity contribution < 1.29 is 29.2 Å². The van der Waals surface area contributed by atoms with Crippen LogP contribution in [-0.2, 0) is 16.1 Å². The van der Waals surface area contributed by atoms with Crippen LogP contribution in [0.2, 0.25) is 5.82 Å². The van der Waals surface area contributed by atoms with Gasteiger partial charge in [0.2, 0.25) is 0 Å². The summed E-state index contributed by atoms with van der Waals surface area (Å²) in [6.07, 6.45) is 2.05. The van der Waals surface area contributed by atoms with E-state index in [1.54, 1.807) is 17.5 Å². The van der Waals surface area contributed by atoms with Crippen LogP contribution in [0.25, 0.3) is 0 Å². The molecule has 1 aromatic heterocycles. The zero-order chi connectivity index (χ0) is 22.4. The second-order valence-electron chi connectivity index (χ2n) is 6.98. The number of fused-ring (bicyclic) bond motifs is 1. The molecule has 0 spiro atoms. The molecule has 2 aromatic rings. The lowest BCUT2D eigenvalue weighted by molar-refractivity contribution is -0.114. The first kappa shape index (κ1) is 22.6. The minimum absolute atomic E-state index is 0.0103. The van der Waals surface area contributed by atoms with E-state index in [1.807, 2.05) is 6.92 Å². The highest BCUT2D eigenvalue weighted by Crippen LogP contribution is 2.34. The van der Waals surface area contributed by atoms with Crippen LogP contribution in [0.15, 0.2) is 28.7 Å². The number of nitrogens with zero attached hydrogens (tertiary/aromatic N) is 2. The highest BCUT2D eigenvalue weighted by Gasteiger charge is 2.37. The molecule has 2 heterocycles. The molecule has 0 fully saturated rings. The molecule has 31 heavy (non-hydrogen) atoms. The number of oxime groups is 1. The Morgan fingerprint density at radius 3 is 2.97 bits per heavy atom. The van der Waals surface area contributed by atoms with Crippen LogP contribution in [0.5, 0.6) is 5.75 Å². The number of carboxylic acid groups (broad SMARTS) is 1. The van der Waals surface area contributed by atoms with Gasteiger partial charge in [-0.3, -0.25) is 4.79 Å². The number of para-hydroxylation sites is 1. The van der Waals surface area contributed by atoms with E-state index in [-0.39, 0.29) is 23.6 Å². The van der Waals surface area contributed by atoms with Crippen LogP contribution < -0.4 is 15.7 Å². The molecule has 1 aromatic carbocycles. The van der Waals surface area contributed by atoms with Crippen molar-refractivity contribution in [3.63, 3.8) is 0 Å². The molecule has 0 radical (unpaired) electrons. The van der Waals surface area contributed by atoms with Gasteiger partial charge in [-0.2, -0.15) is 0 Å². The molecule has 1 atom stereocenters. The average Bonchev–Trinajstić information content (AvgIpc) is 3.17. The number of thiazole rings is 1. The third kappa shape index (κ3) is 5.53. The highest BCUT2D eigenvalue weighted by molar-refractivity contribution is 7.13. The van der Waals surface area contributed by atoms with Gasteiger partial charge in [-0.25, -0.2) is 9.78 Å². The van der Waals surface area contributed by atoms with Gasteiger partial charge in [-0.15, -0.1) is 11.3 Å². The van der Waals surface area contributed by atoms with Gasteiger partial charge in [0, 0.05) is 17.7 Å². The number of carboxylic acids is 1. The van der Waals surface area contributed by atoms with E-state index in [4.69, 9.17) is 15.2 Å². The van der Waals surface area contributed by atoms with Crippen molar-refractivity contribution in [2.24, 2.45) is 5.16 Å². The Balaban J connectivity index is 1.69. The first-order chi connectivity index (χ1) is 14.9. The van der Waals surface area contributed by atoms with Crippen LogP contribution in [0.4, 0.5) is 5.13 Å². The molecule has 12 heteroatoms. The van der Waals surface area contributed by atoms with Gasteiger partial charge in [-0.1, -0.05) is 30.6 Å². The van der Waals surface area contributed by atoms with Gasteiger partial charge < -0.3 is 30.7 Å². The number of carbonyl (C=O) groups excluding carboxylic acids is 1. The Hall–Kier alpha value is -3.12. The maximum atomic E-state index is 12.8. The SMILES string of the molecule is CCCCO/N=C(\C(=O)NC[C@H]1Cc2cccc(C(=O)O)c2OB1O)c1csc(N)n1. The first-order valence-electron chi connectivity index (χ1n) is 9.80. The monoisotopic (exact) mass is 446 g/mol. The van der Waals surface area contributed by atoms with E-state index in [0.29, 0.717) is 29.4 Å². The van der Waals surface area contributed by atoms with Crippen LogP contribution in [0.3, 0.4) is 0 Å². The molecule has 1 aliphatic heterocycles. The Kier molecular flexibility index (Phi) is 7.47. The van der Waals surface area contributed by atoms with Gasteiger partial charge >= 0.3 is 13.1 Å². The number of amides is 1. The van der Waals surface area contributed by atoms with Crippen molar-refractivity contribution in [2.45, 2.75) is 32.0 Å². The second-order valence-corrected chi connectivity index (χ2v) is 7.87. The molecule has 1 aliphatic rings. The molecule has 164 valence electrons. The molecular formula is C19H23BN4O6S. The molecule has 5 N–H and O–H groups in total. The number of nitrogens with two attached hydrogens (primary N) is 1. The number of hydrogen-bond donors (Lipinski definition) is 4. The number of rotatable bonds is 9. The van der Waals surface area contributed by atoms with Gasteiger partial charge in [-0.05, 0) is 24.5 Å². The number of nitrogens with one attached hydrogen (secondary N) is 1. The zero-order valence-electron chi connectivity index (χ0n) is 16.9. The van der Waals surface area contributed by atoms with E-state index in [9.17, 15) is 19.7 Å². The maximum Gasteiger partial charge on any atom is 0.528 e. The van der Waals surface area contributed by atoms with E-state index >= 15 is 0 Å². The van der Waals surface area contributed by atoms with Gasteiger partial charge in [0.15, 0.2) is 10.8 Å². The number of aromatic carboxylic acids is 1. The molecule has 0 unspecified atom stereocenters. The topological polar surface area (TPSA) is 156 Å². The number of aromatic nitrogens is 1. The third-order valence-corrected chi connectivity index (χ3v) is 5.37. The molecule has 1 amide bonds. The van der Waals surface area contributed by atoms with Crippen molar-refractivity contribution in [1.29, 1.82) is 0 Å². The normalized spacial score (nSPS) is 15.7. The first-order valence-corrected chi connectivity index (χ1v) is 10.7. The molecular weight excluding hydrogens is 423 g/mol. The quantitative estimate of drug-likeness (QED) is 0.196. The van der Waals surface area contributed by atoms with Gasteiger partial charge in [0.25, 0.3) is 5.91 Å². The summed E-state index contributed by atoms with van der Waals surface area (Å²) < 4.78 is 5.45. The Labute approximate surface area is 183 Å². The number of benzene rings is 1. The zero-order valence-corrected chi connectivity index (χ0v) is 17.7. The summed E-state index contributed by atoms with van der Waals surface area (Å²) in [6.45, 7) is 2.45. The lowest BCUT2D eigenvalue weighted by Gasteiger charge is -2.28. The minimum Gasteiger partial charge on any atom is -0.535 e. The predicted molar refractivity (Wildman–Crippen MR) is 116 cm³/mol. The molecule has 10 nitrogen and oxygen atoms in total. The average molecular weight is 446 g/mol. The van der Waals surface area contributed by atoms with Crippen molar-refractivity contribution in [2.75, 3.05) is 18.9 Å². The highest BCUT2D eigenvalue weighted by atomic mass is 32.1. The van der Waals surface area contributed by atoms with Crippen molar-refractivity contribution >= 4 is 41.2 Å². The van der Waals surface area contributed by atoms with Crippen LogP contribution >= 0.6 is 11.3 Å². The third-order valence-electron chi connectivity index (χ3n) is 4.70. The maximum absolute atomic E-state index is 12.8. The van der Waals surface area contributed by atoms with Crippen LogP contribution in [-0.4, -0.2) is 53.0 Å². The fourth-order valence-corrected chi connectivity index (χ4v) is 3.60. The smallest absolute Gasteiger partial charge is 0.528 e. The van der Waals surface area contributed by atoms with Gasteiger partial charge in [0.05, 0.1) is 5.56 Å². The molecule has 0 saturated heterocycles. The Morgan fingerprint density at radius 1 is 1.48 bits per heavy atom. The summed E-state index contributed by atoms with van der Waals surface area (Å²) in [6, 6.07) is 4.76. The minimum atomic E-state index is -1.27. The largest absolute Gasteiger partial charge is 0.535 e. The summed E-state index contributed by atoms with van der Waals surface area (Å²) >= 11 is 1.18. The lowest BCUT2D eigenvalue weighted by Crippen LogP contribution is -2.43.